The van der Waals surface area contributed by atoms with Crippen molar-refractivity contribution in [3.63, 3.8) is 0 Å². The zero-order valence-corrected chi connectivity index (χ0v) is 18.2. The number of imide groups is 1. The first-order valence-electron chi connectivity index (χ1n) is 11.0. The zero-order chi connectivity index (χ0) is 20.6. The van der Waals surface area contributed by atoms with Crippen LogP contribution in [0.1, 0.15) is 87.1 Å². The number of nitrogens with zero attached hydrogens (tertiary/aromatic N) is 1. The molecule has 1 atom stereocenters. The summed E-state index contributed by atoms with van der Waals surface area (Å²) >= 11 is 1.84. The van der Waals surface area contributed by atoms with Crippen LogP contribution in [0.5, 0.6) is 0 Å². The molecule has 1 aromatic rings. The number of unbranched alkanes of at least 4 members (excludes halogenated alkanes) is 7. The molecule has 2 heterocycles. The number of carbonyl (C=O) groups is 3. The van der Waals surface area contributed by atoms with Crippen LogP contribution in [-0.2, 0) is 16.1 Å². The highest BCUT2D eigenvalue weighted by atomic mass is 32.2. The monoisotopic (exact) mass is 416 g/mol. The van der Waals surface area contributed by atoms with Gasteiger partial charge in [0.1, 0.15) is 6.04 Å². The molecular formula is C23H32N2O3S. The molecular weight excluding hydrogens is 384 g/mol. The second kappa shape index (κ2) is 10.8. The first-order chi connectivity index (χ1) is 14.1. The predicted molar refractivity (Wildman–Crippen MR) is 116 cm³/mol. The molecule has 1 fully saturated rings. The molecule has 0 bridgehead atoms. The average Bonchev–Trinajstić information content (AvgIpc) is 3.02. The fourth-order valence-corrected chi connectivity index (χ4v) is 5.04. The Kier molecular flexibility index (Phi) is 8.16. The Morgan fingerprint density at radius 3 is 2.48 bits per heavy atom. The Labute approximate surface area is 178 Å². The molecule has 158 valence electrons. The first-order valence-corrected chi connectivity index (χ1v) is 12.0. The van der Waals surface area contributed by atoms with E-state index in [2.05, 4.69) is 18.3 Å². The highest BCUT2D eigenvalue weighted by molar-refractivity contribution is 7.99. The quantitative estimate of drug-likeness (QED) is 0.323. The summed E-state index contributed by atoms with van der Waals surface area (Å²) in [5.74, 6) is 0.384. The van der Waals surface area contributed by atoms with Crippen LogP contribution in [0.3, 0.4) is 0 Å². The molecule has 2 aliphatic rings. The average molecular weight is 417 g/mol. The van der Waals surface area contributed by atoms with E-state index in [1.807, 2.05) is 23.9 Å². The number of hydrogen-bond donors (Lipinski definition) is 1. The smallest absolute Gasteiger partial charge is 0.255 e. The van der Waals surface area contributed by atoms with Crippen molar-refractivity contribution in [1.29, 1.82) is 0 Å². The molecule has 1 saturated heterocycles. The number of carbonyl (C=O) groups excluding carboxylic acids is 3. The predicted octanol–water partition coefficient (Wildman–Crippen LogP) is 4.68. The number of nitrogens with one attached hydrogen (secondary N) is 1. The van der Waals surface area contributed by atoms with Gasteiger partial charge in [0.2, 0.25) is 11.8 Å². The SMILES string of the molecule is CCCCCCCCCCSc1ccc2c(c1)CN(C1CCC(=O)NC1=O)C2=O. The summed E-state index contributed by atoms with van der Waals surface area (Å²) in [5, 5.41) is 2.35. The van der Waals surface area contributed by atoms with Crippen molar-refractivity contribution in [1.82, 2.24) is 10.2 Å². The molecule has 5 nitrogen and oxygen atoms in total. The van der Waals surface area contributed by atoms with Gasteiger partial charge in [-0.05, 0) is 42.4 Å². The molecule has 1 aromatic carbocycles. The van der Waals surface area contributed by atoms with E-state index in [1.54, 1.807) is 4.90 Å². The summed E-state index contributed by atoms with van der Waals surface area (Å²) in [6, 6.07) is 5.45. The molecule has 1 N–H and O–H groups in total. The van der Waals surface area contributed by atoms with Crippen LogP contribution in [0.25, 0.3) is 0 Å². The first kappa shape index (κ1) is 21.9. The summed E-state index contributed by atoms with van der Waals surface area (Å²) in [7, 11) is 0. The molecule has 3 rings (SSSR count). The van der Waals surface area contributed by atoms with Crippen LogP contribution in [0.15, 0.2) is 23.1 Å². The number of amides is 3. The highest BCUT2D eigenvalue weighted by Gasteiger charge is 2.39. The summed E-state index contributed by atoms with van der Waals surface area (Å²) in [4.78, 5) is 39.0. The number of benzene rings is 1. The van der Waals surface area contributed by atoms with Gasteiger partial charge in [-0.15, -0.1) is 11.8 Å². The van der Waals surface area contributed by atoms with E-state index in [9.17, 15) is 14.4 Å². The summed E-state index contributed by atoms with van der Waals surface area (Å²) in [6.45, 7) is 2.70. The Hall–Kier alpha value is -1.82. The molecule has 3 amide bonds. The molecule has 1 unspecified atom stereocenters. The number of piperidine rings is 1. The van der Waals surface area contributed by atoms with Gasteiger partial charge in [0.05, 0.1) is 0 Å². The zero-order valence-electron chi connectivity index (χ0n) is 17.4. The van der Waals surface area contributed by atoms with Crippen molar-refractivity contribution in [2.24, 2.45) is 0 Å². The fourth-order valence-electron chi connectivity index (χ4n) is 4.07. The molecule has 0 aliphatic carbocycles. The lowest BCUT2D eigenvalue weighted by Crippen LogP contribution is -2.52. The standard InChI is InChI=1S/C23H32N2O3S/c1-2-3-4-5-6-7-8-9-14-29-18-10-11-19-17(15-18)16-25(23(19)28)20-12-13-21(26)24-22(20)27/h10-11,15,20H,2-9,12-14,16H2,1H3,(H,24,26,27). The highest BCUT2D eigenvalue weighted by Crippen LogP contribution is 2.31. The van der Waals surface area contributed by atoms with Gasteiger partial charge >= 0.3 is 0 Å². The van der Waals surface area contributed by atoms with Crippen LogP contribution < -0.4 is 5.32 Å². The van der Waals surface area contributed by atoms with E-state index < -0.39 is 6.04 Å². The van der Waals surface area contributed by atoms with Gasteiger partial charge in [-0.3, -0.25) is 19.7 Å². The molecule has 0 saturated carbocycles. The number of rotatable bonds is 11. The number of thioether (sulfide) groups is 1. The van der Waals surface area contributed by atoms with Crippen LogP contribution in [0.2, 0.25) is 0 Å². The minimum atomic E-state index is -0.541. The molecule has 0 radical (unpaired) electrons. The van der Waals surface area contributed by atoms with E-state index in [0.717, 1.165) is 11.3 Å². The molecule has 6 heteroatoms. The lowest BCUT2D eigenvalue weighted by atomic mass is 10.0. The van der Waals surface area contributed by atoms with Gasteiger partial charge < -0.3 is 4.90 Å². The van der Waals surface area contributed by atoms with E-state index in [-0.39, 0.29) is 24.1 Å². The molecule has 29 heavy (non-hydrogen) atoms. The van der Waals surface area contributed by atoms with Crippen LogP contribution in [0.4, 0.5) is 0 Å². The summed E-state index contributed by atoms with van der Waals surface area (Å²) < 4.78 is 0. The minimum absolute atomic E-state index is 0.103. The van der Waals surface area contributed by atoms with Gasteiger partial charge in [0.25, 0.3) is 5.91 Å². The van der Waals surface area contributed by atoms with Gasteiger partial charge in [-0.25, -0.2) is 0 Å². The van der Waals surface area contributed by atoms with Crippen molar-refractivity contribution in [2.45, 2.75) is 88.6 Å². The summed E-state index contributed by atoms with van der Waals surface area (Å²) in [6.07, 6.45) is 11.3. The van der Waals surface area contributed by atoms with Crippen LogP contribution in [-0.4, -0.2) is 34.4 Å². The number of hydrogen-bond acceptors (Lipinski definition) is 4. The molecule has 0 spiro atoms. The maximum absolute atomic E-state index is 12.7. The Morgan fingerprint density at radius 1 is 1.03 bits per heavy atom. The lowest BCUT2D eigenvalue weighted by Gasteiger charge is -2.29. The topological polar surface area (TPSA) is 66.5 Å². The van der Waals surface area contributed by atoms with E-state index in [1.165, 1.54) is 56.3 Å². The van der Waals surface area contributed by atoms with Gasteiger partial charge in [0.15, 0.2) is 0 Å². The Balaban J connectivity index is 1.44. The van der Waals surface area contributed by atoms with E-state index in [4.69, 9.17) is 0 Å². The van der Waals surface area contributed by atoms with Crippen molar-refractivity contribution < 1.29 is 14.4 Å². The minimum Gasteiger partial charge on any atom is -0.322 e. The third kappa shape index (κ3) is 5.84. The second-order valence-corrected chi connectivity index (χ2v) is 9.21. The Bertz CT molecular complexity index is 750. The Morgan fingerprint density at radius 2 is 1.76 bits per heavy atom. The lowest BCUT2D eigenvalue weighted by molar-refractivity contribution is -0.136. The molecule has 2 aliphatic heterocycles. The van der Waals surface area contributed by atoms with E-state index in [0.29, 0.717) is 18.5 Å². The maximum Gasteiger partial charge on any atom is 0.255 e. The van der Waals surface area contributed by atoms with Crippen molar-refractivity contribution in [3.05, 3.63) is 29.3 Å². The van der Waals surface area contributed by atoms with Crippen LogP contribution in [0, 0.1) is 0 Å². The summed E-state index contributed by atoms with van der Waals surface area (Å²) in [5.41, 5.74) is 1.67. The van der Waals surface area contributed by atoms with Crippen molar-refractivity contribution in [3.8, 4) is 0 Å². The normalized spacial score (nSPS) is 18.9. The van der Waals surface area contributed by atoms with Crippen molar-refractivity contribution >= 4 is 29.5 Å². The largest absolute Gasteiger partial charge is 0.322 e. The fraction of sp³-hybridized carbons (Fsp3) is 0.609. The van der Waals surface area contributed by atoms with Gasteiger partial charge in [-0.2, -0.15) is 0 Å². The molecule has 0 aromatic heterocycles. The van der Waals surface area contributed by atoms with Gasteiger partial charge in [-0.1, -0.05) is 51.9 Å². The number of fused-ring (bicyclic) bond motifs is 1. The maximum atomic E-state index is 12.7. The third-order valence-electron chi connectivity index (χ3n) is 5.76. The van der Waals surface area contributed by atoms with Crippen LogP contribution >= 0.6 is 11.8 Å². The van der Waals surface area contributed by atoms with E-state index >= 15 is 0 Å². The van der Waals surface area contributed by atoms with Gasteiger partial charge in [0, 0.05) is 23.4 Å². The van der Waals surface area contributed by atoms with Crippen molar-refractivity contribution in [2.75, 3.05) is 5.75 Å². The second-order valence-electron chi connectivity index (χ2n) is 8.04. The third-order valence-corrected chi connectivity index (χ3v) is 6.84.